The lowest BCUT2D eigenvalue weighted by Gasteiger charge is -2.26. The van der Waals surface area contributed by atoms with Gasteiger partial charge in [0.2, 0.25) is 0 Å². The van der Waals surface area contributed by atoms with Crippen LogP contribution in [0.5, 0.6) is 11.5 Å². The molecule has 0 saturated heterocycles. The van der Waals surface area contributed by atoms with Crippen LogP contribution in [0.25, 0.3) is 0 Å². The second-order valence-electron chi connectivity index (χ2n) is 6.72. The SMILES string of the molecule is CCOC(=O)c1c(C)[nH]c(C(=O)OCC(=O)NC[C@@H]2COc3ccccc3O2)c1C. The lowest BCUT2D eigenvalue weighted by molar-refractivity contribution is -0.124. The van der Waals surface area contributed by atoms with Crippen LogP contribution in [0.4, 0.5) is 0 Å². The van der Waals surface area contributed by atoms with Crippen molar-refractivity contribution in [3.63, 3.8) is 0 Å². The molecule has 0 radical (unpaired) electrons. The molecular formula is C21H24N2O7. The van der Waals surface area contributed by atoms with Crippen molar-refractivity contribution in [3.05, 3.63) is 46.8 Å². The smallest absolute Gasteiger partial charge is 0.355 e. The first kappa shape index (κ1) is 21.2. The molecule has 1 aromatic carbocycles. The van der Waals surface area contributed by atoms with Crippen LogP contribution in [-0.4, -0.2) is 55.3 Å². The molecule has 3 rings (SSSR count). The number of hydrogen-bond donors (Lipinski definition) is 2. The van der Waals surface area contributed by atoms with Crippen molar-refractivity contribution >= 4 is 17.8 Å². The Labute approximate surface area is 173 Å². The highest BCUT2D eigenvalue weighted by atomic mass is 16.6. The summed E-state index contributed by atoms with van der Waals surface area (Å²) in [6.07, 6.45) is -0.347. The van der Waals surface area contributed by atoms with E-state index in [1.807, 2.05) is 12.1 Å². The number of aromatic nitrogens is 1. The number of benzene rings is 1. The van der Waals surface area contributed by atoms with Gasteiger partial charge in [0.05, 0.1) is 18.7 Å². The number of carbonyl (C=O) groups excluding carboxylic acids is 3. The highest BCUT2D eigenvalue weighted by Crippen LogP contribution is 2.30. The minimum atomic E-state index is -0.729. The molecular weight excluding hydrogens is 392 g/mol. The molecule has 1 amide bonds. The topological polar surface area (TPSA) is 116 Å². The highest BCUT2D eigenvalue weighted by Gasteiger charge is 2.25. The molecule has 0 fully saturated rings. The van der Waals surface area contributed by atoms with E-state index >= 15 is 0 Å². The predicted octanol–water partition coefficient (Wildman–Crippen LogP) is 1.92. The van der Waals surface area contributed by atoms with Gasteiger partial charge in [-0.15, -0.1) is 0 Å². The molecule has 2 N–H and O–H groups in total. The number of rotatable bonds is 7. The quantitative estimate of drug-likeness (QED) is 0.663. The first-order valence-electron chi connectivity index (χ1n) is 9.59. The molecule has 0 saturated carbocycles. The van der Waals surface area contributed by atoms with Crippen LogP contribution in [-0.2, 0) is 14.3 Å². The fourth-order valence-electron chi connectivity index (χ4n) is 3.11. The van der Waals surface area contributed by atoms with Crippen molar-refractivity contribution in [3.8, 4) is 11.5 Å². The van der Waals surface area contributed by atoms with Gasteiger partial charge in [0.15, 0.2) is 18.1 Å². The van der Waals surface area contributed by atoms with Crippen LogP contribution < -0.4 is 14.8 Å². The summed E-state index contributed by atoms with van der Waals surface area (Å²) in [6.45, 7) is 5.25. The van der Waals surface area contributed by atoms with E-state index in [9.17, 15) is 14.4 Å². The maximum absolute atomic E-state index is 12.3. The first-order chi connectivity index (χ1) is 14.4. The molecule has 1 aliphatic heterocycles. The molecule has 1 aliphatic rings. The van der Waals surface area contributed by atoms with Gasteiger partial charge in [-0.3, -0.25) is 4.79 Å². The average Bonchev–Trinajstić information content (AvgIpc) is 3.04. The van der Waals surface area contributed by atoms with Gasteiger partial charge < -0.3 is 29.2 Å². The number of ether oxygens (including phenoxy) is 4. The van der Waals surface area contributed by atoms with Gasteiger partial charge in [0, 0.05) is 5.69 Å². The minimum Gasteiger partial charge on any atom is -0.486 e. The molecule has 2 aromatic rings. The Morgan fingerprint density at radius 2 is 1.87 bits per heavy atom. The number of hydrogen-bond acceptors (Lipinski definition) is 7. The van der Waals surface area contributed by atoms with Gasteiger partial charge in [-0.2, -0.15) is 0 Å². The van der Waals surface area contributed by atoms with Crippen molar-refractivity contribution in [1.82, 2.24) is 10.3 Å². The van der Waals surface area contributed by atoms with E-state index in [-0.39, 0.29) is 24.9 Å². The van der Waals surface area contributed by atoms with E-state index in [0.29, 0.717) is 34.9 Å². The van der Waals surface area contributed by atoms with Crippen LogP contribution in [0.15, 0.2) is 24.3 Å². The van der Waals surface area contributed by atoms with Gasteiger partial charge in [-0.05, 0) is 38.5 Å². The van der Waals surface area contributed by atoms with E-state index in [4.69, 9.17) is 18.9 Å². The standard InChI is InChI=1S/C21H24N2O7/c1-4-27-20(25)18-12(2)19(23-13(18)3)21(26)29-11-17(24)22-9-14-10-28-15-7-5-6-8-16(15)30-14/h5-8,14,23H,4,9-11H2,1-3H3,(H,22,24)/t14-/m1/s1. The maximum Gasteiger partial charge on any atom is 0.355 e. The molecule has 1 atom stereocenters. The number of carbonyl (C=O) groups is 3. The number of amides is 1. The maximum atomic E-state index is 12.3. The van der Waals surface area contributed by atoms with Gasteiger partial charge >= 0.3 is 11.9 Å². The summed E-state index contributed by atoms with van der Waals surface area (Å²) >= 11 is 0. The Morgan fingerprint density at radius 3 is 2.60 bits per heavy atom. The van der Waals surface area contributed by atoms with E-state index < -0.39 is 24.5 Å². The lowest BCUT2D eigenvalue weighted by Crippen LogP contribution is -2.42. The largest absolute Gasteiger partial charge is 0.486 e. The molecule has 2 heterocycles. The van der Waals surface area contributed by atoms with Crippen molar-refractivity contribution in [2.75, 3.05) is 26.4 Å². The number of aromatic amines is 1. The van der Waals surface area contributed by atoms with E-state index in [0.717, 1.165) is 0 Å². The predicted molar refractivity (Wildman–Crippen MR) is 106 cm³/mol. The van der Waals surface area contributed by atoms with Crippen molar-refractivity contribution < 1.29 is 33.3 Å². The van der Waals surface area contributed by atoms with Crippen LogP contribution in [0, 0.1) is 13.8 Å². The van der Waals surface area contributed by atoms with Crippen molar-refractivity contribution in [2.45, 2.75) is 26.9 Å². The number of esters is 2. The van der Waals surface area contributed by atoms with Crippen LogP contribution in [0.2, 0.25) is 0 Å². The van der Waals surface area contributed by atoms with Crippen LogP contribution >= 0.6 is 0 Å². The second kappa shape index (κ2) is 9.34. The summed E-state index contributed by atoms with van der Waals surface area (Å²) in [5.74, 6) is -0.445. The number of H-pyrrole nitrogens is 1. The summed E-state index contributed by atoms with van der Waals surface area (Å²) in [6, 6.07) is 7.28. The summed E-state index contributed by atoms with van der Waals surface area (Å²) in [5.41, 5.74) is 1.33. The minimum absolute atomic E-state index is 0.115. The third kappa shape index (κ3) is 4.73. The summed E-state index contributed by atoms with van der Waals surface area (Å²) < 4.78 is 21.4. The number of para-hydroxylation sites is 2. The molecule has 160 valence electrons. The zero-order valence-electron chi connectivity index (χ0n) is 17.1. The normalized spacial score (nSPS) is 14.7. The molecule has 0 spiro atoms. The Kier molecular flexibility index (Phi) is 6.61. The molecule has 1 aromatic heterocycles. The van der Waals surface area contributed by atoms with E-state index in [1.165, 1.54) is 0 Å². The van der Waals surface area contributed by atoms with E-state index in [1.54, 1.807) is 32.9 Å². The summed E-state index contributed by atoms with van der Waals surface area (Å²) in [4.78, 5) is 39.2. The zero-order chi connectivity index (χ0) is 21.7. The molecule has 0 aliphatic carbocycles. The second-order valence-corrected chi connectivity index (χ2v) is 6.72. The average molecular weight is 416 g/mol. The summed E-state index contributed by atoms with van der Waals surface area (Å²) in [7, 11) is 0. The molecule has 9 nitrogen and oxygen atoms in total. The molecule has 30 heavy (non-hydrogen) atoms. The van der Waals surface area contributed by atoms with Crippen molar-refractivity contribution in [1.29, 1.82) is 0 Å². The Balaban J connectivity index is 1.49. The monoisotopic (exact) mass is 416 g/mol. The Morgan fingerprint density at radius 1 is 1.13 bits per heavy atom. The third-order valence-electron chi connectivity index (χ3n) is 4.55. The fourth-order valence-corrected chi connectivity index (χ4v) is 3.11. The van der Waals surface area contributed by atoms with Crippen molar-refractivity contribution in [2.24, 2.45) is 0 Å². The molecule has 0 unspecified atom stereocenters. The van der Waals surface area contributed by atoms with Gasteiger partial charge in [0.1, 0.15) is 18.4 Å². The van der Waals surface area contributed by atoms with Gasteiger partial charge in [0.25, 0.3) is 5.91 Å². The van der Waals surface area contributed by atoms with Gasteiger partial charge in [-0.1, -0.05) is 12.1 Å². The lowest BCUT2D eigenvalue weighted by atomic mass is 10.1. The highest BCUT2D eigenvalue weighted by molar-refractivity contribution is 5.99. The number of aryl methyl sites for hydroxylation is 1. The number of nitrogens with one attached hydrogen (secondary N) is 2. The van der Waals surface area contributed by atoms with E-state index in [2.05, 4.69) is 10.3 Å². The Hall–Kier alpha value is -3.49. The first-order valence-corrected chi connectivity index (χ1v) is 9.59. The van der Waals surface area contributed by atoms with Crippen LogP contribution in [0.3, 0.4) is 0 Å². The third-order valence-corrected chi connectivity index (χ3v) is 4.55. The Bertz CT molecular complexity index is 951. The molecule has 9 heteroatoms. The van der Waals surface area contributed by atoms with Crippen LogP contribution in [0.1, 0.15) is 39.0 Å². The van der Waals surface area contributed by atoms with Gasteiger partial charge in [-0.25, -0.2) is 9.59 Å². The zero-order valence-corrected chi connectivity index (χ0v) is 17.1. The molecule has 0 bridgehead atoms. The number of fused-ring (bicyclic) bond motifs is 1. The summed E-state index contributed by atoms with van der Waals surface area (Å²) in [5, 5.41) is 2.65. The fraction of sp³-hybridized carbons (Fsp3) is 0.381.